The first-order valence-electron chi connectivity index (χ1n) is 10.0. The van der Waals surface area contributed by atoms with Crippen molar-refractivity contribution in [3.63, 3.8) is 0 Å². The summed E-state index contributed by atoms with van der Waals surface area (Å²) in [6, 6.07) is 19.4. The number of nitriles is 1. The number of benzene rings is 3. The van der Waals surface area contributed by atoms with Gasteiger partial charge >= 0.3 is 0 Å². The fourth-order valence-corrected chi connectivity index (χ4v) is 3.58. The minimum atomic E-state index is 0.305. The molecular formula is C27H23Cl2NO2. The van der Waals surface area contributed by atoms with Crippen LogP contribution in [0.25, 0.3) is 11.6 Å². The maximum Gasteiger partial charge on any atom is 0.165 e. The van der Waals surface area contributed by atoms with Crippen LogP contribution in [0.1, 0.15) is 27.8 Å². The molecule has 3 aromatic carbocycles. The third-order valence-corrected chi connectivity index (χ3v) is 5.64. The summed E-state index contributed by atoms with van der Waals surface area (Å²) in [6.07, 6.45) is 4.24. The van der Waals surface area contributed by atoms with Crippen molar-refractivity contribution in [3.8, 4) is 17.6 Å². The van der Waals surface area contributed by atoms with Crippen LogP contribution in [0.15, 0.2) is 67.3 Å². The Morgan fingerprint density at radius 3 is 2.44 bits per heavy atom. The van der Waals surface area contributed by atoms with Crippen molar-refractivity contribution >= 4 is 34.9 Å². The Bertz CT molecular complexity index is 1190. The lowest BCUT2D eigenvalue weighted by molar-refractivity contribution is 0.282. The predicted molar refractivity (Wildman–Crippen MR) is 132 cm³/mol. The fraction of sp³-hybridized carbons (Fsp3) is 0.148. The Kier molecular flexibility index (Phi) is 8.00. The number of aryl methyl sites for hydroxylation is 1. The van der Waals surface area contributed by atoms with Crippen molar-refractivity contribution in [3.05, 3.63) is 105 Å². The molecule has 0 aromatic heterocycles. The molecule has 0 atom stereocenters. The van der Waals surface area contributed by atoms with Crippen LogP contribution in [-0.4, -0.2) is 7.11 Å². The molecule has 0 fully saturated rings. The van der Waals surface area contributed by atoms with Crippen molar-refractivity contribution < 1.29 is 9.47 Å². The largest absolute Gasteiger partial charge is 0.493 e. The highest BCUT2D eigenvalue weighted by Crippen LogP contribution is 2.36. The van der Waals surface area contributed by atoms with E-state index >= 15 is 0 Å². The number of methoxy groups -OCH3 is 1. The van der Waals surface area contributed by atoms with Crippen LogP contribution in [0.5, 0.6) is 11.5 Å². The van der Waals surface area contributed by atoms with Crippen molar-refractivity contribution in [1.29, 1.82) is 5.26 Å². The number of halogens is 2. The van der Waals surface area contributed by atoms with Gasteiger partial charge in [-0.3, -0.25) is 0 Å². The van der Waals surface area contributed by atoms with Crippen LogP contribution in [-0.2, 0) is 13.0 Å². The van der Waals surface area contributed by atoms with E-state index in [1.165, 1.54) is 0 Å². The molecule has 0 spiro atoms. The van der Waals surface area contributed by atoms with Gasteiger partial charge in [0.15, 0.2) is 11.5 Å². The molecule has 0 aliphatic carbocycles. The van der Waals surface area contributed by atoms with E-state index in [1.54, 1.807) is 25.3 Å². The van der Waals surface area contributed by atoms with Gasteiger partial charge in [-0.15, -0.1) is 6.58 Å². The summed E-state index contributed by atoms with van der Waals surface area (Å²) in [5.74, 6) is 1.21. The molecule has 0 aliphatic heterocycles. The number of hydrogen-bond donors (Lipinski definition) is 0. The normalized spacial score (nSPS) is 11.0. The molecule has 162 valence electrons. The molecule has 0 aliphatic rings. The summed E-state index contributed by atoms with van der Waals surface area (Å²) < 4.78 is 11.7. The first-order valence-corrected chi connectivity index (χ1v) is 10.8. The Hall–Kier alpha value is -3.19. The first-order chi connectivity index (χ1) is 15.4. The Labute approximate surface area is 199 Å². The highest BCUT2D eigenvalue weighted by molar-refractivity contribution is 6.42. The molecule has 0 amide bonds. The van der Waals surface area contributed by atoms with E-state index in [1.807, 2.05) is 55.5 Å². The van der Waals surface area contributed by atoms with Gasteiger partial charge in [-0.05, 0) is 60.4 Å². The van der Waals surface area contributed by atoms with E-state index in [0.717, 1.165) is 27.8 Å². The minimum Gasteiger partial charge on any atom is -0.493 e. The zero-order chi connectivity index (χ0) is 23.1. The molecule has 3 nitrogen and oxygen atoms in total. The van der Waals surface area contributed by atoms with Gasteiger partial charge in [0.05, 0.1) is 28.8 Å². The summed E-state index contributed by atoms with van der Waals surface area (Å²) in [6.45, 7) is 6.18. The highest BCUT2D eigenvalue weighted by atomic mass is 35.5. The molecule has 0 bridgehead atoms. The molecule has 3 rings (SSSR count). The monoisotopic (exact) mass is 463 g/mol. The number of allylic oxidation sites excluding steroid dienone is 2. The molecule has 0 saturated heterocycles. The van der Waals surface area contributed by atoms with E-state index in [4.69, 9.17) is 32.7 Å². The molecule has 0 saturated carbocycles. The summed E-state index contributed by atoms with van der Waals surface area (Å²) in [5.41, 5.74) is 5.22. The Balaban J connectivity index is 1.97. The number of nitrogens with zero attached hydrogens (tertiary/aromatic N) is 1. The van der Waals surface area contributed by atoms with Crippen LogP contribution in [0.2, 0.25) is 10.0 Å². The Morgan fingerprint density at radius 1 is 1.06 bits per heavy atom. The maximum atomic E-state index is 9.71. The summed E-state index contributed by atoms with van der Waals surface area (Å²) in [4.78, 5) is 0. The Morgan fingerprint density at radius 2 is 1.81 bits per heavy atom. The lowest BCUT2D eigenvalue weighted by Crippen LogP contribution is -2.02. The van der Waals surface area contributed by atoms with E-state index < -0.39 is 0 Å². The average molecular weight is 464 g/mol. The topological polar surface area (TPSA) is 42.2 Å². The SMILES string of the molecule is C=CCc1cc(/C=C(/C#N)c2ccc(C)cc2)cc(OC)c1OCc1ccc(Cl)c(Cl)c1. The van der Waals surface area contributed by atoms with Gasteiger partial charge in [-0.2, -0.15) is 5.26 Å². The van der Waals surface area contributed by atoms with Gasteiger partial charge in [0, 0.05) is 5.56 Å². The van der Waals surface area contributed by atoms with E-state index in [-0.39, 0.29) is 0 Å². The lowest BCUT2D eigenvalue weighted by Gasteiger charge is -2.16. The van der Waals surface area contributed by atoms with E-state index in [9.17, 15) is 5.26 Å². The molecule has 5 heteroatoms. The zero-order valence-corrected chi connectivity index (χ0v) is 19.5. The molecule has 32 heavy (non-hydrogen) atoms. The maximum absolute atomic E-state index is 9.71. The minimum absolute atomic E-state index is 0.305. The summed E-state index contributed by atoms with van der Waals surface area (Å²) >= 11 is 12.1. The molecule has 0 radical (unpaired) electrons. The molecule has 0 N–H and O–H groups in total. The number of hydrogen-bond acceptors (Lipinski definition) is 3. The van der Waals surface area contributed by atoms with E-state index in [2.05, 4.69) is 12.6 Å². The van der Waals surface area contributed by atoms with Gasteiger partial charge in [0.2, 0.25) is 0 Å². The van der Waals surface area contributed by atoms with Gasteiger partial charge in [0.1, 0.15) is 6.61 Å². The van der Waals surface area contributed by atoms with Gasteiger partial charge in [-0.25, -0.2) is 0 Å². The lowest BCUT2D eigenvalue weighted by atomic mass is 10.00. The van der Waals surface area contributed by atoms with Gasteiger partial charge in [-0.1, -0.05) is 65.2 Å². The predicted octanol–water partition coefficient (Wildman–Crippen LogP) is 7.68. The molecular weight excluding hydrogens is 441 g/mol. The number of rotatable bonds is 8. The first kappa shape index (κ1) is 23.5. The van der Waals surface area contributed by atoms with Crippen LogP contribution < -0.4 is 9.47 Å². The van der Waals surface area contributed by atoms with Crippen molar-refractivity contribution in [2.45, 2.75) is 20.0 Å². The quantitative estimate of drug-likeness (QED) is 0.195. The second-order valence-electron chi connectivity index (χ2n) is 7.28. The van der Waals surface area contributed by atoms with Crippen molar-refractivity contribution in [2.24, 2.45) is 0 Å². The van der Waals surface area contributed by atoms with Crippen LogP contribution in [0.4, 0.5) is 0 Å². The smallest absolute Gasteiger partial charge is 0.165 e. The van der Waals surface area contributed by atoms with Crippen LogP contribution >= 0.6 is 23.2 Å². The van der Waals surface area contributed by atoms with Crippen molar-refractivity contribution in [2.75, 3.05) is 7.11 Å². The summed E-state index contributed by atoms with van der Waals surface area (Å²) in [7, 11) is 1.59. The van der Waals surface area contributed by atoms with E-state index in [0.29, 0.717) is 40.1 Å². The summed E-state index contributed by atoms with van der Waals surface area (Å²) in [5, 5.41) is 10.7. The second kappa shape index (κ2) is 10.9. The average Bonchev–Trinajstić information content (AvgIpc) is 2.79. The highest BCUT2D eigenvalue weighted by Gasteiger charge is 2.14. The molecule has 0 heterocycles. The number of ether oxygens (including phenoxy) is 2. The fourth-order valence-electron chi connectivity index (χ4n) is 3.25. The molecule has 3 aromatic rings. The van der Waals surface area contributed by atoms with Gasteiger partial charge < -0.3 is 9.47 Å². The van der Waals surface area contributed by atoms with Crippen LogP contribution in [0.3, 0.4) is 0 Å². The zero-order valence-electron chi connectivity index (χ0n) is 18.0. The third kappa shape index (κ3) is 5.73. The van der Waals surface area contributed by atoms with Crippen molar-refractivity contribution in [1.82, 2.24) is 0 Å². The molecule has 0 unspecified atom stereocenters. The standard InChI is InChI=1S/C27H23Cl2NO2/c1-4-5-22-12-20(13-23(16-30)21-9-6-18(2)7-10-21)15-26(31-3)27(22)32-17-19-8-11-24(28)25(29)14-19/h4,6-15H,1,5,17H2,2-3H3/b23-13-. The van der Waals surface area contributed by atoms with Gasteiger partial charge in [0.25, 0.3) is 0 Å². The third-order valence-electron chi connectivity index (χ3n) is 4.90. The second-order valence-corrected chi connectivity index (χ2v) is 8.09. The van der Waals surface area contributed by atoms with Crippen LogP contribution in [0, 0.1) is 18.3 Å².